The second kappa shape index (κ2) is 8.10. The summed E-state index contributed by atoms with van der Waals surface area (Å²) < 4.78 is 31.4. The van der Waals surface area contributed by atoms with E-state index in [0.717, 1.165) is 0 Å². The Morgan fingerprint density at radius 3 is 2.48 bits per heavy atom. The van der Waals surface area contributed by atoms with Gasteiger partial charge in [-0.05, 0) is 37.1 Å². The summed E-state index contributed by atoms with van der Waals surface area (Å²) in [6, 6.07) is 6.12. The van der Waals surface area contributed by atoms with Crippen LogP contribution in [-0.2, 0) is 19.6 Å². The smallest absolute Gasteiger partial charge is 0.243 e. The van der Waals surface area contributed by atoms with Crippen LogP contribution in [0.5, 0.6) is 0 Å². The number of sulfonamides is 1. The number of piperidine rings is 1. The molecule has 1 fully saturated rings. The van der Waals surface area contributed by atoms with Crippen molar-refractivity contribution >= 4 is 27.5 Å². The number of halogens is 1. The lowest BCUT2D eigenvalue weighted by molar-refractivity contribution is -0.126. The third-order valence-corrected chi connectivity index (χ3v) is 6.05. The van der Waals surface area contributed by atoms with Gasteiger partial charge < -0.3 is 10.1 Å². The van der Waals surface area contributed by atoms with Crippen molar-refractivity contribution in [3.8, 4) is 0 Å². The van der Waals surface area contributed by atoms with Crippen LogP contribution in [0.25, 0.3) is 0 Å². The largest absolute Gasteiger partial charge is 0.383 e. The zero-order chi connectivity index (χ0) is 16.9. The first-order valence-electron chi connectivity index (χ1n) is 7.47. The summed E-state index contributed by atoms with van der Waals surface area (Å²) in [5.41, 5.74) is 0. The van der Waals surface area contributed by atoms with Gasteiger partial charge in [0.05, 0.1) is 11.5 Å². The van der Waals surface area contributed by atoms with E-state index in [0.29, 0.717) is 44.1 Å². The van der Waals surface area contributed by atoms with Crippen molar-refractivity contribution in [2.24, 2.45) is 5.92 Å². The van der Waals surface area contributed by atoms with Gasteiger partial charge in [0.15, 0.2) is 0 Å². The quantitative estimate of drug-likeness (QED) is 0.780. The molecular formula is C15H21ClN2O4S. The maximum Gasteiger partial charge on any atom is 0.243 e. The van der Waals surface area contributed by atoms with Crippen LogP contribution in [0.3, 0.4) is 0 Å². The number of carbonyl (C=O) groups is 1. The second-order valence-electron chi connectivity index (χ2n) is 5.42. The lowest BCUT2D eigenvalue weighted by atomic mass is 9.97. The van der Waals surface area contributed by atoms with E-state index in [4.69, 9.17) is 16.3 Å². The highest BCUT2D eigenvalue weighted by atomic mass is 35.5. The van der Waals surface area contributed by atoms with E-state index in [2.05, 4.69) is 5.32 Å². The second-order valence-corrected chi connectivity index (χ2v) is 7.79. The molecule has 0 spiro atoms. The predicted octanol–water partition coefficient (Wildman–Crippen LogP) is 1.50. The van der Waals surface area contributed by atoms with E-state index >= 15 is 0 Å². The van der Waals surface area contributed by atoms with Crippen molar-refractivity contribution in [2.45, 2.75) is 17.7 Å². The molecule has 1 aromatic rings. The molecule has 0 bridgehead atoms. The van der Waals surface area contributed by atoms with Crippen molar-refractivity contribution < 1.29 is 17.9 Å². The summed E-state index contributed by atoms with van der Waals surface area (Å²) in [5, 5.41) is 3.29. The highest BCUT2D eigenvalue weighted by Crippen LogP contribution is 2.24. The average Bonchev–Trinajstić information content (AvgIpc) is 2.55. The third kappa shape index (κ3) is 4.67. The molecule has 1 aromatic carbocycles. The number of rotatable bonds is 6. The molecule has 0 atom stereocenters. The van der Waals surface area contributed by atoms with Crippen LogP contribution in [0.1, 0.15) is 12.8 Å². The number of nitrogens with zero attached hydrogens (tertiary/aromatic N) is 1. The summed E-state index contributed by atoms with van der Waals surface area (Å²) in [6.45, 7) is 1.62. The molecule has 1 aliphatic rings. The van der Waals surface area contributed by atoms with Gasteiger partial charge in [-0.3, -0.25) is 4.79 Å². The maximum absolute atomic E-state index is 12.6. The van der Waals surface area contributed by atoms with E-state index in [1.54, 1.807) is 19.2 Å². The molecule has 1 N–H and O–H groups in total. The Labute approximate surface area is 141 Å². The molecule has 128 valence electrons. The molecule has 1 aliphatic heterocycles. The zero-order valence-electron chi connectivity index (χ0n) is 13.0. The van der Waals surface area contributed by atoms with Gasteiger partial charge in [-0.15, -0.1) is 0 Å². The number of benzene rings is 1. The van der Waals surface area contributed by atoms with Gasteiger partial charge in [0.1, 0.15) is 0 Å². The standard InChI is InChI=1S/C15H21ClN2O4S/c1-22-11-8-17-15(19)12-6-9-18(10-7-12)23(20,21)14-4-2-13(16)3-5-14/h2-5,12H,6-11H2,1H3,(H,17,19). The molecule has 0 saturated carbocycles. The van der Waals surface area contributed by atoms with E-state index in [1.165, 1.54) is 16.4 Å². The van der Waals surface area contributed by atoms with Crippen LogP contribution in [0.15, 0.2) is 29.2 Å². The molecule has 0 radical (unpaired) electrons. The Morgan fingerprint density at radius 2 is 1.91 bits per heavy atom. The Balaban J connectivity index is 1.93. The minimum atomic E-state index is -3.53. The Hall–Kier alpha value is -1.15. The lowest BCUT2D eigenvalue weighted by Crippen LogP contribution is -2.43. The van der Waals surface area contributed by atoms with Crippen molar-refractivity contribution in [3.63, 3.8) is 0 Å². The van der Waals surface area contributed by atoms with Crippen molar-refractivity contribution in [3.05, 3.63) is 29.3 Å². The van der Waals surface area contributed by atoms with E-state index in [9.17, 15) is 13.2 Å². The molecule has 8 heteroatoms. The van der Waals surface area contributed by atoms with Gasteiger partial charge in [-0.1, -0.05) is 11.6 Å². The van der Waals surface area contributed by atoms with Crippen LogP contribution in [0.2, 0.25) is 5.02 Å². The fraction of sp³-hybridized carbons (Fsp3) is 0.533. The number of amides is 1. The summed E-state index contributed by atoms with van der Waals surface area (Å²) in [5.74, 6) is -0.186. The molecule has 1 saturated heterocycles. The monoisotopic (exact) mass is 360 g/mol. The molecule has 23 heavy (non-hydrogen) atoms. The van der Waals surface area contributed by atoms with Gasteiger partial charge in [0.2, 0.25) is 15.9 Å². The topological polar surface area (TPSA) is 75.7 Å². The Bertz CT molecular complexity index is 625. The summed E-state index contributed by atoms with van der Waals surface area (Å²) >= 11 is 5.79. The minimum absolute atomic E-state index is 0.0365. The maximum atomic E-state index is 12.6. The van der Waals surface area contributed by atoms with E-state index in [-0.39, 0.29) is 16.7 Å². The van der Waals surface area contributed by atoms with Gasteiger partial charge in [-0.25, -0.2) is 8.42 Å². The SMILES string of the molecule is COCCNC(=O)C1CCN(S(=O)(=O)c2ccc(Cl)cc2)CC1. The molecule has 1 heterocycles. The number of ether oxygens (including phenoxy) is 1. The summed E-state index contributed by atoms with van der Waals surface area (Å²) in [4.78, 5) is 12.2. The van der Waals surface area contributed by atoms with Crippen molar-refractivity contribution in [1.82, 2.24) is 9.62 Å². The van der Waals surface area contributed by atoms with Crippen LogP contribution < -0.4 is 5.32 Å². The Kier molecular flexibility index (Phi) is 6.41. The molecule has 6 nitrogen and oxygen atoms in total. The minimum Gasteiger partial charge on any atom is -0.383 e. The number of methoxy groups -OCH3 is 1. The van der Waals surface area contributed by atoms with Crippen LogP contribution in [0, 0.1) is 5.92 Å². The van der Waals surface area contributed by atoms with Gasteiger partial charge in [-0.2, -0.15) is 4.31 Å². The normalized spacial score (nSPS) is 17.1. The first kappa shape index (κ1) is 18.2. The van der Waals surface area contributed by atoms with Gasteiger partial charge in [0, 0.05) is 37.7 Å². The molecule has 1 amide bonds. The predicted molar refractivity (Wildman–Crippen MR) is 87.8 cm³/mol. The zero-order valence-corrected chi connectivity index (χ0v) is 14.6. The van der Waals surface area contributed by atoms with Crippen LogP contribution >= 0.6 is 11.6 Å². The number of hydrogen-bond acceptors (Lipinski definition) is 4. The molecule has 0 unspecified atom stereocenters. The highest BCUT2D eigenvalue weighted by Gasteiger charge is 2.31. The summed E-state index contributed by atoms with van der Waals surface area (Å²) in [6.07, 6.45) is 1.04. The molecule has 2 rings (SSSR count). The average molecular weight is 361 g/mol. The Morgan fingerprint density at radius 1 is 1.30 bits per heavy atom. The first-order chi connectivity index (χ1) is 10.9. The number of carbonyl (C=O) groups excluding carboxylic acids is 1. The van der Waals surface area contributed by atoms with E-state index in [1.807, 2.05) is 0 Å². The van der Waals surface area contributed by atoms with Gasteiger partial charge >= 0.3 is 0 Å². The van der Waals surface area contributed by atoms with Crippen molar-refractivity contribution in [1.29, 1.82) is 0 Å². The number of hydrogen-bond donors (Lipinski definition) is 1. The first-order valence-corrected chi connectivity index (χ1v) is 9.29. The number of nitrogens with one attached hydrogen (secondary N) is 1. The highest BCUT2D eigenvalue weighted by molar-refractivity contribution is 7.89. The molecule has 0 aliphatic carbocycles. The van der Waals surface area contributed by atoms with Crippen LogP contribution in [-0.4, -0.2) is 52.0 Å². The summed E-state index contributed by atoms with van der Waals surface area (Å²) in [7, 11) is -1.95. The van der Waals surface area contributed by atoms with E-state index < -0.39 is 10.0 Å². The fourth-order valence-corrected chi connectivity index (χ4v) is 4.13. The van der Waals surface area contributed by atoms with Gasteiger partial charge in [0.25, 0.3) is 0 Å². The third-order valence-electron chi connectivity index (χ3n) is 3.88. The van der Waals surface area contributed by atoms with Crippen LogP contribution in [0.4, 0.5) is 0 Å². The molecular weight excluding hydrogens is 340 g/mol. The lowest BCUT2D eigenvalue weighted by Gasteiger charge is -2.30. The van der Waals surface area contributed by atoms with Crippen molar-refractivity contribution in [2.75, 3.05) is 33.4 Å². The molecule has 0 aromatic heterocycles. The fourth-order valence-electron chi connectivity index (χ4n) is 2.53.